The predicted molar refractivity (Wildman–Crippen MR) is 81.8 cm³/mol. The molecule has 1 amide bonds. The first-order valence-electron chi connectivity index (χ1n) is 6.45. The SMILES string of the molecule is O=C(CSc1cccc(Br)c1)N[C@@H]1CC[C@H](C(=O)O)C1. The van der Waals surface area contributed by atoms with E-state index in [9.17, 15) is 9.59 Å². The van der Waals surface area contributed by atoms with Crippen LogP contribution >= 0.6 is 27.7 Å². The number of aliphatic carboxylic acids is 1. The molecule has 0 saturated heterocycles. The molecule has 0 aromatic heterocycles. The number of carbonyl (C=O) groups is 2. The normalized spacial score (nSPS) is 21.6. The molecule has 4 nitrogen and oxygen atoms in total. The zero-order valence-corrected chi connectivity index (χ0v) is 13.2. The van der Waals surface area contributed by atoms with Crippen molar-refractivity contribution in [1.29, 1.82) is 0 Å². The highest BCUT2D eigenvalue weighted by atomic mass is 79.9. The molecule has 6 heteroatoms. The maximum Gasteiger partial charge on any atom is 0.306 e. The van der Waals surface area contributed by atoms with Crippen molar-refractivity contribution in [2.75, 3.05) is 5.75 Å². The molecule has 1 aromatic carbocycles. The topological polar surface area (TPSA) is 66.4 Å². The van der Waals surface area contributed by atoms with Crippen LogP contribution < -0.4 is 5.32 Å². The molecule has 0 spiro atoms. The third-order valence-electron chi connectivity index (χ3n) is 3.31. The Balaban J connectivity index is 1.75. The Morgan fingerprint density at radius 3 is 2.85 bits per heavy atom. The highest BCUT2D eigenvalue weighted by molar-refractivity contribution is 9.10. The Morgan fingerprint density at radius 1 is 1.40 bits per heavy atom. The second-order valence-electron chi connectivity index (χ2n) is 4.86. The number of carbonyl (C=O) groups excluding carboxylic acids is 1. The fourth-order valence-corrected chi connectivity index (χ4v) is 3.63. The second-order valence-corrected chi connectivity index (χ2v) is 6.82. The first-order valence-corrected chi connectivity index (χ1v) is 8.23. The van der Waals surface area contributed by atoms with Gasteiger partial charge in [0.25, 0.3) is 0 Å². The lowest BCUT2D eigenvalue weighted by molar-refractivity contribution is -0.141. The van der Waals surface area contributed by atoms with Gasteiger partial charge in [-0.3, -0.25) is 9.59 Å². The number of hydrogen-bond donors (Lipinski definition) is 2. The standard InChI is InChI=1S/C14H16BrNO3S/c15-10-2-1-3-12(7-10)20-8-13(17)16-11-5-4-9(6-11)14(18)19/h1-3,7,9,11H,4-6,8H2,(H,16,17)(H,18,19)/t9-,11+/m0/s1. The van der Waals surface area contributed by atoms with E-state index < -0.39 is 5.97 Å². The molecule has 2 N–H and O–H groups in total. The van der Waals surface area contributed by atoms with Crippen LogP contribution in [0.5, 0.6) is 0 Å². The maximum absolute atomic E-state index is 11.8. The number of amides is 1. The van der Waals surface area contributed by atoms with Crippen LogP contribution in [0, 0.1) is 5.92 Å². The lowest BCUT2D eigenvalue weighted by Crippen LogP contribution is -2.34. The van der Waals surface area contributed by atoms with Crippen molar-refractivity contribution in [3.63, 3.8) is 0 Å². The molecule has 2 rings (SSSR count). The van der Waals surface area contributed by atoms with Crippen molar-refractivity contribution in [1.82, 2.24) is 5.32 Å². The average molecular weight is 358 g/mol. The van der Waals surface area contributed by atoms with Crippen LogP contribution in [0.1, 0.15) is 19.3 Å². The van der Waals surface area contributed by atoms with E-state index in [0.29, 0.717) is 18.6 Å². The fraction of sp³-hybridized carbons (Fsp3) is 0.429. The summed E-state index contributed by atoms with van der Waals surface area (Å²) in [5.74, 6) is -0.751. The average Bonchev–Trinajstić information content (AvgIpc) is 2.85. The Kier molecular flexibility index (Phi) is 5.48. The Bertz CT molecular complexity index is 509. The Hall–Kier alpha value is -1.01. The van der Waals surface area contributed by atoms with Crippen LogP contribution in [0.2, 0.25) is 0 Å². The van der Waals surface area contributed by atoms with Crippen LogP contribution in [-0.4, -0.2) is 28.8 Å². The van der Waals surface area contributed by atoms with E-state index in [1.165, 1.54) is 11.8 Å². The lowest BCUT2D eigenvalue weighted by atomic mass is 10.1. The van der Waals surface area contributed by atoms with Gasteiger partial charge in [-0.1, -0.05) is 22.0 Å². The zero-order chi connectivity index (χ0) is 14.5. The summed E-state index contributed by atoms with van der Waals surface area (Å²) in [7, 11) is 0. The number of rotatable bonds is 5. The number of thioether (sulfide) groups is 1. The van der Waals surface area contributed by atoms with Crippen molar-refractivity contribution < 1.29 is 14.7 Å². The van der Waals surface area contributed by atoms with Crippen molar-refractivity contribution >= 4 is 39.6 Å². The molecule has 1 saturated carbocycles. The molecule has 0 heterocycles. The molecule has 108 valence electrons. The molecule has 20 heavy (non-hydrogen) atoms. The van der Waals surface area contributed by atoms with Gasteiger partial charge in [0.2, 0.25) is 5.91 Å². The Labute approximate surface area is 130 Å². The van der Waals surface area contributed by atoms with Crippen molar-refractivity contribution in [2.45, 2.75) is 30.2 Å². The molecule has 2 atom stereocenters. The summed E-state index contributed by atoms with van der Waals surface area (Å²) in [6.45, 7) is 0. The summed E-state index contributed by atoms with van der Waals surface area (Å²) >= 11 is 4.87. The monoisotopic (exact) mass is 357 g/mol. The van der Waals surface area contributed by atoms with Gasteiger partial charge in [0, 0.05) is 15.4 Å². The maximum atomic E-state index is 11.8. The molecule has 0 radical (unpaired) electrons. The minimum absolute atomic E-state index is 0.00621. The predicted octanol–water partition coefficient (Wildman–Crippen LogP) is 2.91. The van der Waals surface area contributed by atoms with Gasteiger partial charge in [-0.05, 0) is 37.5 Å². The molecule has 1 aliphatic rings. The first-order chi connectivity index (χ1) is 9.54. The summed E-state index contributed by atoms with van der Waals surface area (Å²) < 4.78 is 0.989. The van der Waals surface area contributed by atoms with Crippen LogP contribution in [0.25, 0.3) is 0 Å². The smallest absolute Gasteiger partial charge is 0.306 e. The van der Waals surface area contributed by atoms with Gasteiger partial charge in [0.15, 0.2) is 0 Å². The highest BCUT2D eigenvalue weighted by Gasteiger charge is 2.30. The minimum Gasteiger partial charge on any atom is -0.481 e. The van der Waals surface area contributed by atoms with E-state index in [4.69, 9.17) is 5.11 Å². The van der Waals surface area contributed by atoms with Crippen LogP contribution in [0.3, 0.4) is 0 Å². The van der Waals surface area contributed by atoms with Crippen molar-refractivity contribution in [3.8, 4) is 0 Å². The number of carboxylic acids is 1. The molecule has 1 fully saturated rings. The van der Waals surface area contributed by atoms with Gasteiger partial charge < -0.3 is 10.4 Å². The number of halogens is 1. The summed E-state index contributed by atoms with van der Waals surface area (Å²) in [6, 6.07) is 7.80. The van der Waals surface area contributed by atoms with Gasteiger partial charge in [-0.2, -0.15) is 0 Å². The third kappa shape index (κ3) is 4.52. The van der Waals surface area contributed by atoms with Gasteiger partial charge in [0.05, 0.1) is 11.7 Å². The van der Waals surface area contributed by atoms with Crippen LogP contribution in [-0.2, 0) is 9.59 Å². The van der Waals surface area contributed by atoms with E-state index in [2.05, 4.69) is 21.2 Å². The number of nitrogens with one attached hydrogen (secondary N) is 1. The van der Waals surface area contributed by atoms with Gasteiger partial charge in [-0.15, -0.1) is 11.8 Å². The molecular formula is C14H16BrNO3S. The minimum atomic E-state index is -0.759. The zero-order valence-electron chi connectivity index (χ0n) is 10.8. The number of benzene rings is 1. The molecule has 1 aromatic rings. The number of hydrogen-bond acceptors (Lipinski definition) is 3. The summed E-state index contributed by atoms with van der Waals surface area (Å²) in [6.07, 6.45) is 1.95. The van der Waals surface area contributed by atoms with Gasteiger partial charge in [-0.25, -0.2) is 0 Å². The van der Waals surface area contributed by atoms with E-state index >= 15 is 0 Å². The largest absolute Gasteiger partial charge is 0.481 e. The molecule has 0 bridgehead atoms. The lowest BCUT2D eigenvalue weighted by Gasteiger charge is -2.12. The van der Waals surface area contributed by atoms with E-state index in [1.807, 2.05) is 24.3 Å². The molecule has 1 aliphatic carbocycles. The van der Waals surface area contributed by atoms with Crippen molar-refractivity contribution in [3.05, 3.63) is 28.7 Å². The first kappa shape index (κ1) is 15.4. The summed E-state index contributed by atoms with van der Waals surface area (Å²) in [5, 5.41) is 11.8. The van der Waals surface area contributed by atoms with E-state index in [1.54, 1.807) is 0 Å². The third-order valence-corrected chi connectivity index (χ3v) is 4.80. The second kappa shape index (κ2) is 7.13. The molecule has 0 unspecified atom stereocenters. The number of carboxylic acid groups (broad SMARTS) is 1. The fourth-order valence-electron chi connectivity index (χ4n) is 2.31. The quantitative estimate of drug-likeness (QED) is 0.795. The van der Waals surface area contributed by atoms with Crippen LogP contribution in [0.4, 0.5) is 0 Å². The van der Waals surface area contributed by atoms with E-state index in [0.717, 1.165) is 15.8 Å². The summed E-state index contributed by atoms with van der Waals surface area (Å²) in [4.78, 5) is 23.7. The van der Waals surface area contributed by atoms with Crippen LogP contribution in [0.15, 0.2) is 33.6 Å². The van der Waals surface area contributed by atoms with Gasteiger partial charge in [0.1, 0.15) is 0 Å². The van der Waals surface area contributed by atoms with Crippen molar-refractivity contribution in [2.24, 2.45) is 5.92 Å². The van der Waals surface area contributed by atoms with E-state index in [-0.39, 0.29) is 17.9 Å². The summed E-state index contributed by atoms with van der Waals surface area (Å²) in [5.41, 5.74) is 0. The Morgan fingerprint density at radius 2 is 2.20 bits per heavy atom. The molecule has 0 aliphatic heterocycles. The van der Waals surface area contributed by atoms with Gasteiger partial charge >= 0.3 is 5.97 Å². The highest BCUT2D eigenvalue weighted by Crippen LogP contribution is 2.26. The molecular weight excluding hydrogens is 342 g/mol.